The fourth-order valence-electron chi connectivity index (χ4n) is 2.97. The molecule has 0 radical (unpaired) electrons. The number of hydrogen-bond acceptors (Lipinski definition) is 4. The zero-order chi connectivity index (χ0) is 20.2. The summed E-state index contributed by atoms with van der Waals surface area (Å²) in [5.74, 6) is -0.799. The predicted molar refractivity (Wildman–Crippen MR) is 106 cm³/mol. The maximum absolute atomic E-state index is 13.8. The Bertz CT molecular complexity index is 1230. The van der Waals surface area contributed by atoms with Crippen LogP contribution < -0.4 is 5.32 Å². The molecule has 7 heteroatoms. The fraction of sp³-hybridized carbons (Fsp3) is 0. The Morgan fingerprint density at radius 2 is 1.86 bits per heavy atom. The number of aromatic nitrogens is 3. The second-order valence-electron chi connectivity index (χ2n) is 6.18. The molecule has 4 rings (SSSR count). The molecule has 2 heterocycles. The van der Waals surface area contributed by atoms with Gasteiger partial charge in [-0.05, 0) is 48.5 Å². The van der Waals surface area contributed by atoms with Gasteiger partial charge in [-0.3, -0.25) is 9.78 Å². The van der Waals surface area contributed by atoms with E-state index in [1.807, 2.05) is 6.07 Å². The van der Waals surface area contributed by atoms with Crippen LogP contribution in [0.5, 0.6) is 0 Å². The van der Waals surface area contributed by atoms with E-state index >= 15 is 0 Å². The number of carbonyl (C=O) groups is 1. The van der Waals surface area contributed by atoms with Crippen molar-refractivity contribution in [3.63, 3.8) is 0 Å². The summed E-state index contributed by atoms with van der Waals surface area (Å²) in [6.45, 7) is 0. The van der Waals surface area contributed by atoms with Crippen molar-refractivity contribution < 1.29 is 9.18 Å². The molecule has 0 spiro atoms. The van der Waals surface area contributed by atoms with E-state index in [0.717, 1.165) is 0 Å². The minimum absolute atomic E-state index is 0.308. The van der Waals surface area contributed by atoms with Crippen LogP contribution in [-0.2, 0) is 0 Å². The minimum Gasteiger partial charge on any atom is -0.322 e. The first kappa shape index (κ1) is 18.1. The van der Waals surface area contributed by atoms with E-state index in [4.69, 9.17) is 5.26 Å². The van der Waals surface area contributed by atoms with E-state index < -0.39 is 11.7 Å². The van der Waals surface area contributed by atoms with Gasteiger partial charge in [0.05, 0.1) is 34.8 Å². The first-order valence-corrected chi connectivity index (χ1v) is 8.71. The summed E-state index contributed by atoms with van der Waals surface area (Å²) in [5.41, 5.74) is 2.94. The van der Waals surface area contributed by atoms with Crippen molar-refractivity contribution in [3.05, 3.63) is 96.2 Å². The second-order valence-corrected chi connectivity index (χ2v) is 6.18. The summed E-state index contributed by atoms with van der Waals surface area (Å²) >= 11 is 0. The number of halogens is 1. The number of nitrogens with one attached hydrogen (secondary N) is 1. The van der Waals surface area contributed by atoms with Gasteiger partial charge in [0, 0.05) is 23.6 Å². The Kier molecular flexibility index (Phi) is 4.82. The van der Waals surface area contributed by atoms with Gasteiger partial charge in [-0.2, -0.15) is 10.4 Å². The first-order valence-electron chi connectivity index (χ1n) is 8.71. The largest absolute Gasteiger partial charge is 0.322 e. The number of amides is 1. The molecule has 0 unspecified atom stereocenters. The van der Waals surface area contributed by atoms with Crippen molar-refractivity contribution in [1.82, 2.24) is 14.8 Å². The quantitative estimate of drug-likeness (QED) is 0.573. The molecule has 6 nitrogen and oxygen atoms in total. The van der Waals surface area contributed by atoms with Crippen LogP contribution in [-0.4, -0.2) is 20.7 Å². The number of nitrogens with zero attached hydrogens (tertiary/aromatic N) is 4. The number of hydrogen-bond donors (Lipinski definition) is 1. The lowest BCUT2D eigenvalue weighted by molar-refractivity contribution is 0.102. The summed E-state index contributed by atoms with van der Waals surface area (Å²) in [5, 5.41) is 16.1. The molecule has 2 aromatic carbocycles. The van der Waals surface area contributed by atoms with E-state index in [1.54, 1.807) is 60.9 Å². The van der Waals surface area contributed by atoms with Crippen LogP contribution in [0.4, 0.5) is 10.1 Å². The molecule has 1 amide bonds. The number of anilines is 1. The van der Waals surface area contributed by atoms with Gasteiger partial charge in [-0.25, -0.2) is 9.07 Å². The second kappa shape index (κ2) is 7.74. The third-order valence-corrected chi connectivity index (χ3v) is 4.27. The molecule has 0 bridgehead atoms. The molecule has 140 valence electrons. The van der Waals surface area contributed by atoms with Gasteiger partial charge in [0.15, 0.2) is 0 Å². The Balaban J connectivity index is 1.79. The average Bonchev–Trinajstić information content (AvgIpc) is 3.20. The van der Waals surface area contributed by atoms with Gasteiger partial charge in [0.1, 0.15) is 5.82 Å². The summed E-state index contributed by atoms with van der Waals surface area (Å²) in [6.07, 6.45) is 4.65. The van der Waals surface area contributed by atoms with E-state index in [2.05, 4.69) is 15.4 Å². The number of rotatable bonds is 4. The van der Waals surface area contributed by atoms with Gasteiger partial charge < -0.3 is 5.32 Å². The molecular formula is C22H14FN5O. The highest BCUT2D eigenvalue weighted by atomic mass is 19.1. The summed E-state index contributed by atoms with van der Waals surface area (Å²) < 4.78 is 15.3. The highest BCUT2D eigenvalue weighted by molar-refractivity contribution is 6.08. The topological polar surface area (TPSA) is 83.6 Å². The standard InChI is InChI=1S/C22H14FN5O/c23-17-4-2-6-19(12-17)28-21(16-7-9-25-10-8-16)20(14-26-28)22(29)27-18-5-1-3-15(11-18)13-24/h1-12,14H,(H,27,29). The molecule has 0 saturated heterocycles. The molecule has 0 fully saturated rings. The third-order valence-electron chi connectivity index (χ3n) is 4.27. The lowest BCUT2D eigenvalue weighted by Gasteiger charge is -2.11. The highest BCUT2D eigenvalue weighted by Crippen LogP contribution is 2.27. The number of benzene rings is 2. The van der Waals surface area contributed by atoms with Gasteiger partial charge in [0.25, 0.3) is 5.91 Å². The highest BCUT2D eigenvalue weighted by Gasteiger charge is 2.20. The first-order chi connectivity index (χ1) is 14.2. The van der Waals surface area contributed by atoms with Crippen LogP contribution in [0.2, 0.25) is 0 Å². The number of carbonyl (C=O) groups excluding carboxylic acids is 1. The maximum Gasteiger partial charge on any atom is 0.259 e. The normalized spacial score (nSPS) is 10.3. The van der Waals surface area contributed by atoms with Gasteiger partial charge in [0.2, 0.25) is 0 Å². The van der Waals surface area contributed by atoms with Crippen LogP contribution >= 0.6 is 0 Å². The molecule has 29 heavy (non-hydrogen) atoms. The molecule has 1 N–H and O–H groups in total. The van der Waals surface area contributed by atoms with Crippen LogP contribution in [0.3, 0.4) is 0 Å². The SMILES string of the molecule is N#Cc1cccc(NC(=O)c2cnn(-c3cccc(F)c3)c2-c2ccncc2)c1. The fourth-order valence-corrected chi connectivity index (χ4v) is 2.97. The van der Waals surface area contributed by atoms with Crippen molar-refractivity contribution in [2.45, 2.75) is 0 Å². The van der Waals surface area contributed by atoms with Crippen molar-refractivity contribution in [2.75, 3.05) is 5.32 Å². The minimum atomic E-state index is -0.405. The molecule has 4 aromatic rings. The zero-order valence-electron chi connectivity index (χ0n) is 15.1. The average molecular weight is 383 g/mol. The van der Waals surface area contributed by atoms with Gasteiger partial charge in [-0.15, -0.1) is 0 Å². The monoisotopic (exact) mass is 383 g/mol. The van der Waals surface area contributed by atoms with Gasteiger partial charge in [-0.1, -0.05) is 12.1 Å². The lowest BCUT2D eigenvalue weighted by Crippen LogP contribution is -2.13. The van der Waals surface area contributed by atoms with Crippen molar-refractivity contribution >= 4 is 11.6 Å². The molecular weight excluding hydrogens is 369 g/mol. The molecule has 0 aliphatic carbocycles. The van der Waals surface area contributed by atoms with E-state index in [-0.39, 0.29) is 0 Å². The van der Waals surface area contributed by atoms with Gasteiger partial charge >= 0.3 is 0 Å². The number of pyridine rings is 1. The van der Waals surface area contributed by atoms with Crippen LogP contribution in [0.1, 0.15) is 15.9 Å². The lowest BCUT2D eigenvalue weighted by atomic mass is 10.1. The van der Waals surface area contributed by atoms with Crippen molar-refractivity contribution in [2.24, 2.45) is 0 Å². The molecule has 0 aliphatic rings. The van der Waals surface area contributed by atoms with Crippen LogP contribution in [0.25, 0.3) is 16.9 Å². The Morgan fingerprint density at radius 1 is 1.07 bits per heavy atom. The van der Waals surface area contributed by atoms with Crippen molar-refractivity contribution in [1.29, 1.82) is 5.26 Å². The molecule has 0 atom stereocenters. The Hall–Kier alpha value is -4.31. The van der Waals surface area contributed by atoms with E-state index in [1.165, 1.54) is 23.0 Å². The van der Waals surface area contributed by atoms with E-state index in [0.29, 0.717) is 33.8 Å². The van der Waals surface area contributed by atoms with Crippen LogP contribution in [0.15, 0.2) is 79.3 Å². The molecule has 0 saturated carbocycles. The van der Waals surface area contributed by atoms with Crippen molar-refractivity contribution in [3.8, 4) is 23.0 Å². The Labute approximate surface area is 165 Å². The molecule has 2 aromatic heterocycles. The summed E-state index contributed by atoms with van der Waals surface area (Å²) in [6, 6.07) is 18.1. The van der Waals surface area contributed by atoms with Crippen LogP contribution in [0, 0.1) is 17.1 Å². The third kappa shape index (κ3) is 3.73. The van der Waals surface area contributed by atoms with E-state index in [9.17, 15) is 9.18 Å². The maximum atomic E-state index is 13.8. The summed E-state index contributed by atoms with van der Waals surface area (Å²) in [7, 11) is 0. The number of nitriles is 1. The smallest absolute Gasteiger partial charge is 0.259 e. The molecule has 0 aliphatic heterocycles. The zero-order valence-corrected chi connectivity index (χ0v) is 15.1. The predicted octanol–water partition coefficient (Wildman–Crippen LogP) is 4.20. The Morgan fingerprint density at radius 3 is 2.62 bits per heavy atom. The summed E-state index contributed by atoms with van der Waals surface area (Å²) in [4.78, 5) is 17.0.